The second kappa shape index (κ2) is 5.09. The molecule has 0 aliphatic heterocycles. The van der Waals surface area contributed by atoms with E-state index in [-0.39, 0.29) is 11.3 Å². The molecule has 18 heavy (non-hydrogen) atoms. The maximum atomic E-state index is 11.8. The van der Waals surface area contributed by atoms with Crippen LogP contribution in [0, 0.1) is 0 Å². The third-order valence-corrected chi connectivity index (χ3v) is 2.23. The van der Waals surface area contributed by atoms with Crippen molar-refractivity contribution in [2.45, 2.75) is 0 Å². The minimum atomic E-state index is -0.522. The number of methoxy groups -OCH3 is 1. The molecule has 7 nitrogen and oxygen atoms in total. The van der Waals surface area contributed by atoms with Gasteiger partial charge in [-0.15, -0.1) is 0 Å². The van der Waals surface area contributed by atoms with Gasteiger partial charge in [-0.1, -0.05) is 12.1 Å². The molecule has 0 radical (unpaired) electrons. The highest BCUT2D eigenvalue weighted by molar-refractivity contribution is 6.06. The Bertz CT molecular complexity index is 565. The Morgan fingerprint density at radius 1 is 1.33 bits per heavy atom. The fourth-order valence-corrected chi connectivity index (χ4v) is 1.38. The van der Waals surface area contributed by atoms with Gasteiger partial charge in [-0.2, -0.15) is 15.4 Å². The van der Waals surface area contributed by atoms with Gasteiger partial charge < -0.3 is 10.1 Å². The van der Waals surface area contributed by atoms with Gasteiger partial charge in [0.05, 0.1) is 24.6 Å². The first-order valence-electron chi connectivity index (χ1n) is 5.07. The number of H-pyrrole nitrogens is 1. The molecule has 2 N–H and O–H groups in total. The molecule has 0 bridgehead atoms. The molecular weight excluding hydrogens is 236 g/mol. The number of ether oxygens (including phenoxy) is 1. The van der Waals surface area contributed by atoms with Gasteiger partial charge in [0.2, 0.25) is 0 Å². The molecule has 1 aromatic heterocycles. The molecule has 0 atom stereocenters. The molecule has 1 amide bonds. The van der Waals surface area contributed by atoms with E-state index in [0.717, 1.165) is 0 Å². The molecule has 0 saturated carbocycles. The Balaban J connectivity index is 2.24. The lowest BCUT2D eigenvalue weighted by Crippen LogP contribution is -2.15. The largest absolute Gasteiger partial charge is 0.465 e. The van der Waals surface area contributed by atoms with Gasteiger partial charge in [-0.05, 0) is 12.1 Å². The fourth-order valence-electron chi connectivity index (χ4n) is 1.38. The van der Waals surface area contributed by atoms with E-state index in [2.05, 4.69) is 25.5 Å². The zero-order valence-corrected chi connectivity index (χ0v) is 9.51. The molecule has 2 rings (SSSR count). The maximum absolute atomic E-state index is 11.8. The number of carbonyl (C=O) groups is 2. The smallest absolute Gasteiger partial charge is 0.339 e. The van der Waals surface area contributed by atoms with E-state index in [1.807, 2.05) is 0 Å². The van der Waals surface area contributed by atoms with Gasteiger partial charge in [0.1, 0.15) is 0 Å². The Morgan fingerprint density at radius 2 is 2.11 bits per heavy atom. The van der Waals surface area contributed by atoms with Gasteiger partial charge in [0.15, 0.2) is 5.69 Å². The molecule has 0 saturated heterocycles. The molecule has 0 spiro atoms. The fraction of sp³-hybridized carbons (Fsp3) is 0.0909. The maximum Gasteiger partial charge on any atom is 0.339 e. The first-order valence-corrected chi connectivity index (χ1v) is 5.07. The van der Waals surface area contributed by atoms with E-state index in [1.54, 1.807) is 24.3 Å². The number of rotatable bonds is 3. The second-order valence-corrected chi connectivity index (χ2v) is 3.35. The number of benzene rings is 1. The molecule has 0 unspecified atom stereocenters. The van der Waals surface area contributed by atoms with Crippen molar-refractivity contribution in [3.63, 3.8) is 0 Å². The van der Waals surface area contributed by atoms with Crippen molar-refractivity contribution >= 4 is 17.6 Å². The van der Waals surface area contributed by atoms with Crippen LogP contribution in [-0.4, -0.2) is 34.4 Å². The standard InChI is InChI=1S/C11H10N4O3/c1-18-11(17)7-4-2-3-5-8(7)13-10(16)9-6-12-15-14-9/h2-6H,1H3,(H,13,16)(H,12,14,15). The van der Waals surface area contributed by atoms with Crippen molar-refractivity contribution in [1.82, 2.24) is 15.4 Å². The number of aromatic nitrogens is 3. The molecule has 0 fully saturated rings. The van der Waals surface area contributed by atoms with Crippen molar-refractivity contribution < 1.29 is 14.3 Å². The summed E-state index contributed by atoms with van der Waals surface area (Å²) < 4.78 is 4.62. The summed E-state index contributed by atoms with van der Waals surface area (Å²) in [5.41, 5.74) is 0.767. The van der Waals surface area contributed by atoms with Crippen molar-refractivity contribution in [3.8, 4) is 0 Å². The quantitative estimate of drug-likeness (QED) is 0.782. The topological polar surface area (TPSA) is 97.0 Å². The predicted molar refractivity (Wildman–Crippen MR) is 62.1 cm³/mol. The first-order chi connectivity index (χ1) is 8.72. The van der Waals surface area contributed by atoms with E-state index in [1.165, 1.54) is 13.3 Å². The molecule has 7 heteroatoms. The average molecular weight is 246 g/mol. The van der Waals surface area contributed by atoms with Gasteiger partial charge in [0.25, 0.3) is 5.91 Å². The monoisotopic (exact) mass is 246 g/mol. The molecule has 0 aliphatic carbocycles. The molecule has 0 aliphatic rings. The van der Waals surface area contributed by atoms with Crippen LogP contribution in [0.5, 0.6) is 0 Å². The van der Waals surface area contributed by atoms with E-state index < -0.39 is 11.9 Å². The van der Waals surface area contributed by atoms with Crippen LogP contribution in [-0.2, 0) is 4.74 Å². The molecule has 1 heterocycles. The van der Waals surface area contributed by atoms with Crippen LogP contribution in [0.4, 0.5) is 5.69 Å². The van der Waals surface area contributed by atoms with Crippen LogP contribution in [0.3, 0.4) is 0 Å². The number of hydrogen-bond acceptors (Lipinski definition) is 5. The van der Waals surface area contributed by atoms with Crippen LogP contribution in [0.15, 0.2) is 30.5 Å². The summed E-state index contributed by atoms with van der Waals surface area (Å²) in [6.45, 7) is 0. The van der Waals surface area contributed by atoms with Gasteiger partial charge in [-0.25, -0.2) is 4.79 Å². The number of para-hydroxylation sites is 1. The number of anilines is 1. The van der Waals surface area contributed by atoms with Crippen molar-refractivity contribution in [3.05, 3.63) is 41.7 Å². The Morgan fingerprint density at radius 3 is 2.78 bits per heavy atom. The zero-order valence-electron chi connectivity index (χ0n) is 9.51. The van der Waals surface area contributed by atoms with Crippen molar-refractivity contribution in [1.29, 1.82) is 0 Å². The summed E-state index contributed by atoms with van der Waals surface area (Å²) in [6.07, 6.45) is 1.29. The average Bonchev–Trinajstić information content (AvgIpc) is 2.92. The van der Waals surface area contributed by atoms with Crippen LogP contribution in [0.25, 0.3) is 0 Å². The van der Waals surface area contributed by atoms with Crippen LogP contribution in [0.2, 0.25) is 0 Å². The molecular formula is C11H10N4O3. The predicted octanol–water partition coefficient (Wildman–Crippen LogP) is 0.844. The van der Waals surface area contributed by atoms with E-state index in [4.69, 9.17) is 0 Å². The first kappa shape index (κ1) is 11.8. The van der Waals surface area contributed by atoms with Crippen LogP contribution >= 0.6 is 0 Å². The third kappa shape index (κ3) is 2.34. The Kier molecular flexibility index (Phi) is 3.33. The Hall–Kier alpha value is -2.70. The van der Waals surface area contributed by atoms with Gasteiger partial charge >= 0.3 is 5.97 Å². The lowest BCUT2D eigenvalue weighted by atomic mass is 10.2. The van der Waals surface area contributed by atoms with Crippen LogP contribution < -0.4 is 5.32 Å². The number of hydrogen-bond donors (Lipinski definition) is 2. The highest BCUT2D eigenvalue weighted by atomic mass is 16.5. The number of nitrogens with one attached hydrogen (secondary N) is 2. The Labute approximate surface area is 102 Å². The number of nitrogens with zero attached hydrogens (tertiary/aromatic N) is 2. The summed E-state index contributed by atoms with van der Waals surface area (Å²) in [6, 6.07) is 6.54. The number of amides is 1. The molecule has 2 aromatic rings. The summed E-state index contributed by atoms with van der Waals surface area (Å²) in [7, 11) is 1.28. The minimum absolute atomic E-state index is 0.134. The third-order valence-electron chi connectivity index (χ3n) is 2.23. The number of carbonyl (C=O) groups excluding carboxylic acids is 2. The summed E-state index contributed by atoms with van der Waals surface area (Å²) in [5.74, 6) is -0.980. The lowest BCUT2D eigenvalue weighted by Gasteiger charge is -2.07. The summed E-state index contributed by atoms with van der Waals surface area (Å²) >= 11 is 0. The van der Waals surface area contributed by atoms with E-state index in [9.17, 15) is 9.59 Å². The minimum Gasteiger partial charge on any atom is -0.465 e. The second-order valence-electron chi connectivity index (χ2n) is 3.35. The van der Waals surface area contributed by atoms with Gasteiger partial charge in [-0.3, -0.25) is 4.79 Å². The molecule has 92 valence electrons. The number of aromatic amines is 1. The normalized spacial score (nSPS) is 9.83. The van der Waals surface area contributed by atoms with E-state index in [0.29, 0.717) is 5.69 Å². The molecule has 1 aromatic carbocycles. The van der Waals surface area contributed by atoms with Gasteiger partial charge in [0, 0.05) is 0 Å². The SMILES string of the molecule is COC(=O)c1ccccc1NC(=O)c1cn[nH]n1. The highest BCUT2D eigenvalue weighted by Crippen LogP contribution is 2.16. The van der Waals surface area contributed by atoms with Crippen molar-refractivity contribution in [2.24, 2.45) is 0 Å². The highest BCUT2D eigenvalue weighted by Gasteiger charge is 2.15. The van der Waals surface area contributed by atoms with Crippen molar-refractivity contribution in [2.75, 3.05) is 12.4 Å². The summed E-state index contributed by atoms with van der Waals surface area (Å²) in [4.78, 5) is 23.2. The lowest BCUT2D eigenvalue weighted by molar-refractivity contribution is 0.0602. The number of esters is 1. The van der Waals surface area contributed by atoms with E-state index >= 15 is 0 Å². The van der Waals surface area contributed by atoms with Crippen LogP contribution in [0.1, 0.15) is 20.8 Å². The zero-order chi connectivity index (χ0) is 13.0. The summed E-state index contributed by atoms with van der Waals surface area (Å²) in [5, 5.41) is 12.1.